The van der Waals surface area contributed by atoms with E-state index < -0.39 is 5.60 Å². The van der Waals surface area contributed by atoms with Crippen LogP contribution >= 0.6 is 0 Å². The second-order valence-corrected chi connectivity index (χ2v) is 5.51. The van der Waals surface area contributed by atoms with Crippen molar-refractivity contribution in [3.05, 3.63) is 29.3 Å². The Morgan fingerprint density at radius 2 is 2.11 bits per heavy atom. The third-order valence-electron chi connectivity index (χ3n) is 3.16. The number of anilines is 1. The monoisotopic (exact) mass is 248 g/mol. The van der Waals surface area contributed by atoms with Crippen molar-refractivity contribution in [1.82, 2.24) is 4.90 Å². The minimum atomic E-state index is -0.625. The van der Waals surface area contributed by atoms with Crippen LogP contribution in [0.2, 0.25) is 0 Å². The number of aryl methyl sites for hydroxylation is 2. The maximum absolute atomic E-state index is 11.9. The van der Waals surface area contributed by atoms with Gasteiger partial charge in [-0.15, -0.1) is 0 Å². The lowest BCUT2D eigenvalue weighted by Gasteiger charge is -2.43. The highest BCUT2D eigenvalue weighted by Crippen LogP contribution is 2.20. The number of rotatable bonds is 3. The molecule has 18 heavy (non-hydrogen) atoms. The molecule has 0 saturated carbocycles. The molecule has 4 nitrogen and oxygen atoms in total. The lowest BCUT2D eigenvalue weighted by Crippen LogP contribution is -2.61. The van der Waals surface area contributed by atoms with E-state index in [-0.39, 0.29) is 5.91 Å². The van der Waals surface area contributed by atoms with Gasteiger partial charge in [-0.2, -0.15) is 0 Å². The van der Waals surface area contributed by atoms with Crippen LogP contribution in [0.4, 0.5) is 5.69 Å². The smallest absolute Gasteiger partial charge is 0.238 e. The molecule has 0 radical (unpaired) electrons. The third-order valence-corrected chi connectivity index (χ3v) is 3.16. The second-order valence-electron chi connectivity index (χ2n) is 5.51. The van der Waals surface area contributed by atoms with E-state index in [2.05, 4.69) is 5.32 Å². The highest BCUT2D eigenvalue weighted by Gasteiger charge is 2.37. The first kappa shape index (κ1) is 13.1. The van der Waals surface area contributed by atoms with E-state index in [4.69, 9.17) is 0 Å². The molecule has 1 fully saturated rings. The zero-order valence-corrected chi connectivity index (χ0v) is 11.2. The quantitative estimate of drug-likeness (QED) is 0.848. The number of hydrogen-bond donors (Lipinski definition) is 2. The van der Waals surface area contributed by atoms with Crippen molar-refractivity contribution in [3.8, 4) is 0 Å². The Balaban J connectivity index is 1.90. The van der Waals surface area contributed by atoms with Crippen LogP contribution < -0.4 is 5.32 Å². The first-order valence-corrected chi connectivity index (χ1v) is 6.18. The minimum absolute atomic E-state index is 0.0285. The van der Waals surface area contributed by atoms with E-state index in [0.717, 1.165) is 16.8 Å². The minimum Gasteiger partial charge on any atom is -0.388 e. The van der Waals surface area contributed by atoms with E-state index in [1.54, 1.807) is 6.92 Å². The molecule has 1 amide bonds. The zero-order valence-electron chi connectivity index (χ0n) is 11.2. The Bertz CT molecular complexity index is 461. The summed E-state index contributed by atoms with van der Waals surface area (Å²) < 4.78 is 0. The molecule has 0 aliphatic carbocycles. The summed E-state index contributed by atoms with van der Waals surface area (Å²) >= 11 is 0. The molecular weight excluding hydrogens is 228 g/mol. The Morgan fingerprint density at radius 3 is 2.72 bits per heavy atom. The van der Waals surface area contributed by atoms with Gasteiger partial charge in [0.25, 0.3) is 0 Å². The Kier molecular flexibility index (Phi) is 3.41. The van der Waals surface area contributed by atoms with Crippen LogP contribution in [0, 0.1) is 13.8 Å². The molecule has 0 atom stereocenters. The molecule has 1 aliphatic rings. The number of β-amino-alcohol motifs (C(OH)–C–C–N with tert-alkyl or cyclic N) is 1. The average molecular weight is 248 g/mol. The van der Waals surface area contributed by atoms with Crippen LogP contribution in [0.3, 0.4) is 0 Å². The molecule has 0 unspecified atom stereocenters. The van der Waals surface area contributed by atoms with E-state index in [1.165, 1.54) is 0 Å². The first-order chi connectivity index (χ1) is 8.35. The number of benzene rings is 1. The lowest BCUT2D eigenvalue weighted by molar-refractivity contribution is -0.125. The Labute approximate surface area is 108 Å². The fourth-order valence-corrected chi connectivity index (χ4v) is 2.29. The van der Waals surface area contributed by atoms with Gasteiger partial charge in [0.2, 0.25) is 5.91 Å². The van der Waals surface area contributed by atoms with Crippen LogP contribution in [0.25, 0.3) is 0 Å². The molecule has 1 saturated heterocycles. The number of hydrogen-bond acceptors (Lipinski definition) is 3. The fourth-order valence-electron chi connectivity index (χ4n) is 2.29. The normalized spacial score (nSPS) is 18.2. The summed E-state index contributed by atoms with van der Waals surface area (Å²) in [6.45, 7) is 7.22. The largest absolute Gasteiger partial charge is 0.388 e. The number of likely N-dealkylation sites (tertiary alicyclic amines) is 1. The predicted molar refractivity (Wildman–Crippen MR) is 71.6 cm³/mol. The number of aliphatic hydroxyl groups is 1. The van der Waals surface area contributed by atoms with Crippen LogP contribution in [-0.4, -0.2) is 41.1 Å². The maximum atomic E-state index is 11.9. The van der Waals surface area contributed by atoms with Crippen LogP contribution in [0.5, 0.6) is 0 Å². The van der Waals surface area contributed by atoms with Crippen LogP contribution in [-0.2, 0) is 4.79 Å². The highest BCUT2D eigenvalue weighted by atomic mass is 16.3. The van der Waals surface area contributed by atoms with E-state index in [0.29, 0.717) is 19.6 Å². The van der Waals surface area contributed by atoms with Crippen molar-refractivity contribution >= 4 is 11.6 Å². The fraction of sp³-hybridized carbons (Fsp3) is 0.500. The molecule has 1 aromatic carbocycles. The Hall–Kier alpha value is -1.39. The molecule has 4 heteroatoms. The van der Waals surface area contributed by atoms with Gasteiger partial charge in [0.05, 0.1) is 12.1 Å². The second kappa shape index (κ2) is 4.71. The molecule has 2 N–H and O–H groups in total. The summed E-state index contributed by atoms with van der Waals surface area (Å²) in [4.78, 5) is 13.8. The summed E-state index contributed by atoms with van der Waals surface area (Å²) in [6.07, 6.45) is 0. The molecular formula is C14H20N2O2. The molecule has 1 aromatic rings. The van der Waals surface area contributed by atoms with E-state index in [9.17, 15) is 9.90 Å². The number of carbonyl (C=O) groups is 1. The van der Waals surface area contributed by atoms with Crippen molar-refractivity contribution in [2.45, 2.75) is 26.4 Å². The summed E-state index contributed by atoms with van der Waals surface area (Å²) in [6, 6.07) is 6.00. The molecule has 2 rings (SSSR count). The van der Waals surface area contributed by atoms with Crippen molar-refractivity contribution in [1.29, 1.82) is 0 Å². The van der Waals surface area contributed by atoms with Crippen molar-refractivity contribution < 1.29 is 9.90 Å². The molecule has 1 aliphatic heterocycles. The van der Waals surface area contributed by atoms with Gasteiger partial charge in [0.1, 0.15) is 0 Å². The van der Waals surface area contributed by atoms with Gasteiger partial charge in [0.15, 0.2) is 0 Å². The standard InChI is InChI=1S/C14H20N2O2/c1-10-4-5-11(2)12(6-10)15-13(17)7-16-8-14(3,18)9-16/h4-6,18H,7-9H2,1-3H3,(H,15,17). The number of nitrogens with one attached hydrogen (secondary N) is 1. The van der Waals surface area contributed by atoms with Crippen molar-refractivity contribution in [2.75, 3.05) is 25.0 Å². The topological polar surface area (TPSA) is 52.6 Å². The molecule has 0 aromatic heterocycles. The lowest BCUT2D eigenvalue weighted by atomic mass is 9.97. The van der Waals surface area contributed by atoms with Gasteiger partial charge in [0, 0.05) is 18.8 Å². The third kappa shape index (κ3) is 3.09. The van der Waals surface area contributed by atoms with Gasteiger partial charge >= 0.3 is 0 Å². The molecule has 1 heterocycles. The van der Waals surface area contributed by atoms with Crippen molar-refractivity contribution in [2.24, 2.45) is 0 Å². The number of carbonyl (C=O) groups excluding carboxylic acids is 1. The summed E-state index contributed by atoms with van der Waals surface area (Å²) in [5.41, 5.74) is 2.43. The Morgan fingerprint density at radius 1 is 1.44 bits per heavy atom. The summed E-state index contributed by atoms with van der Waals surface area (Å²) in [5.74, 6) is -0.0285. The SMILES string of the molecule is Cc1ccc(C)c(NC(=O)CN2CC(C)(O)C2)c1. The first-order valence-electron chi connectivity index (χ1n) is 6.18. The van der Waals surface area contributed by atoms with Gasteiger partial charge < -0.3 is 10.4 Å². The zero-order chi connectivity index (χ0) is 13.3. The van der Waals surface area contributed by atoms with Gasteiger partial charge in [-0.05, 0) is 38.0 Å². The number of nitrogens with zero attached hydrogens (tertiary/aromatic N) is 1. The van der Waals surface area contributed by atoms with Crippen LogP contribution in [0.1, 0.15) is 18.1 Å². The molecule has 98 valence electrons. The van der Waals surface area contributed by atoms with Crippen molar-refractivity contribution in [3.63, 3.8) is 0 Å². The van der Waals surface area contributed by atoms with Gasteiger partial charge in [-0.3, -0.25) is 9.69 Å². The van der Waals surface area contributed by atoms with E-state index >= 15 is 0 Å². The van der Waals surface area contributed by atoms with Gasteiger partial charge in [-0.1, -0.05) is 12.1 Å². The predicted octanol–water partition coefficient (Wildman–Crippen LogP) is 1.31. The number of amides is 1. The molecule has 0 bridgehead atoms. The summed E-state index contributed by atoms with van der Waals surface area (Å²) in [5, 5.41) is 12.5. The molecule has 0 spiro atoms. The van der Waals surface area contributed by atoms with Crippen LogP contribution in [0.15, 0.2) is 18.2 Å². The summed E-state index contributed by atoms with van der Waals surface area (Å²) in [7, 11) is 0. The average Bonchev–Trinajstić information content (AvgIpc) is 2.20. The van der Waals surface area contributed by atoms with E-state index in [1.807, 2.05) is 36.9 Å². The van der Waals surface area contributed by atoms with Gasteiger partial charge in [-0.25, -0.2) is 0 Å². The highest BCUT2D eigenvalue weighted by molar-refractivity contribution is 5.93. The maximum Gasteiger partial charge on any atom is 0.238 e.